The molecule has 1 N–H and O–H groups in total. The van der Waals surface area contributed by atoms with Crippen molar-refractivity contribution in [3.05, 3.63) is 58.5 Å². The van der Waals surface area contributed by atoms with E-state index in [1.54, 1.807) is 13.8 Å². The molecule has 176 valence electrons. The van der Waals surface area contributed by atoms with Crippen LogP contribution in [-0.2, 0) is 27.9 Å². The number of halogens is 3. The minimum atomic E-state index is -4.44. The number of alkyl halides is 3. The summed E-state index contributed by atoms with van der Waals surface area (Å²) in [7, 11) is -3.79. The van der Waals surface area contributed by atoms with E-state index in [-0.39, 0.29) is 30.3 Å². The number of aromatic nitrogens is 1. The molecule has 2 rings (SSSR count). The van der Waals surface area contributed by atoms with Crippen molar-refractivity contribution in [1.29, 1.82) is 0 Å². The second-order valence-electron chi connectivity index (χ2n) is 6.74. The molecule has 0 bridgehead atoms. The first-order chi connectivity index (χ1) is 15.0. The first kappa shape index (κ1) is 25.4. The highest BCUT2D eigenvalue weighted by atomic mass is 32.2. The van der Waals surface area contributed by atoms with Crippen molar-refractivity contribution in [3.63, 3.8) is 0 Å². The van der Waals surface area contributed by atoms with Crippen LogP contribution in [0.2, 0.25) is 0 Å². The third-order valence-electron chi connectivity index (χ3n) is 4.43. The molecular formula is C20H24F3N3O5S. The molecule has 0 saturated heterocycles. The van der Waals surface area contributed by atoms with Crippen molar-refractivity contribution in [1.82, 2.24) is 14.2 Å². The van der Waals surface area contributed by atoms with Crippen LogP contribution in [-0.4, -0.2) is 49.1 Å². The number of carbonyl (C=O) groups excluding carboxylic acids is 1. The zero-order valence-corrected chi connectivity index (χ0v) is 18.4. The summed E-state index contributed by atoms with van der Waals surface area (Å²) in [6, 6.07) is 7.97. The number of carbonyl (C=O) groups is 1. The Kier molecular flexibility index (Phi) is 8.44. The smallest absolute Gasteiger partial charge is 0.422 e. The summed E-state index contributed by atoms with van der Waals surface area (Å²) in [6.45, 7) is 2.18. The molecule has 0 aliphatic carbocycles. The molecule has 12 heteroatoms. The SMILES string of the molecule is CCN(CC)S(=O)(=O)c1ccc(=O)n(CC(=O)NCc2ccc(OCC(F)(F)F)cc2)c1. The Balaban J connectivity index is 2.01. The summed E-state index contributed by atoms with van der Waals surface area (Å²) in [5.41, 5.74) is 0.0627. The van der Waals surface area contributed by atoms with E-state index in [9.17, 15) is 31.2 Å². The molecular weight excluding hydrogens is 451 g/mol. The second-order valence-corrected chi connectivity index (χ2v) is 8.68. The minimum Gasteiger partial charge on any atom is -0.484 e. The standard InChI is InChI=1S/C20H24F3N3O5S/c1-3-26(4-2)32(29,30)17-9-10-19(28)25(12-17)13-18(27)24-11-15-5-7-16(8-6-15)31-14-20(21,22)23/h5-10,12H,3-4,11,13-14H2,1-2H3,(H,24,27). The van der Waals surface area contributed by atoms with Crippen LogP contribution in [0.15, 0.2) is 52.3 Å². The van der Waals surface area contributed by atoms with Gasteiger partial charge in [0, 0.05) is 31.9 Å². The van der Waals surface area contributed by atoms with Crippen LogP contribution in [0.25, 0.3) is 0 Å². The maximum atomic E-state index is 12.6. The number of hydrogen-bond donors (Lipinski definition) is 1. The number of hydrogen-bond acceptors (Lipinski definition) is 5. The average molecular weight is 475 g/mol. The van der Waals surface area contributed by atoms with Gasteiger partial charge in [0.1, 0.15) is 12.3 Å². The normalized spacial score (nSPS) is 12.1. The van der Waals surface area contributed by atoms with Crippen molar-refractivity contribution in [2.24, 2.45) is 0 Å². The minimum absolute atomic E-state index is 0.0372. The summed E-state index contributed by atoms with van der Waals surface area (Å²) < 4.78 is 68.6. The van der Waals surface area contributed by atoms with E-state index >= 15 is 0 Å². The van der Waals surface area contributed by atoms with Gasteiger partial charge in [-0.2, -0.15) is 17.5 Å². The van der Waals surface area contributed by atoms with Crippen LogP contribution in [0.5, 0.6) is 5.75 Å². The number of amides is 1. The molecule has 0 radical (unpaired) electrons. The third-order valence-corrected chi connectivity index (χ3v) is 6.46. The van der Waals surface area contributed by atoms with Crippen LogP contribution >= 0.6 is 0 Å². The maximum absolute atomic E-state index is 12.6. The fourth-order valence-electron chi connectivity index (χ4n) is 2.78. The molecule has 1 aromatic carbocycles. The van der Waals surface area contributed by atoms with Gasteiger partial charge >= 0.3 is 6.18 Å². The average Bonchev–Trinajstić information content (AvgIpc) is 2.73. The molecule has 0 aliphatic heterocycles. The van der Waals surface area contributed by atoms with Crippen molar-refractivity contribution < 1.29 is 31.1 Å². The number of rotatable bonds is 10. The molecule has 0 fully saturated rings. The summed E-state index contributed by atoms with van der Waals surface area (Å²) in [6.07, 6.45) is -3.31. The fourth-order valence-corrected chi connectivity index (χ4v) is 4.26. The van der Waals surface area contributed by atoms with Gasteiger partial charge in [-0.25, -0.2) is 8.42 Å². The van der Waals surface area contributed by atoms with Gasteiger partial charge in [0.2, 0.25) is 15.9 Å². The van der Waals surface area contributed by atoms with Crippen LogP contribution < -0.4 is 15.6 Å². The van der Waals surface area contributed by atoms with Gasteiger partial charge < -0.3 is 14.6 Å². The first-order valence-corrected chi connectivity index (χ1v) is 11.2. The quantitative estimate of drug-likeness (QED) is 0.568. The Bertz CT molecular complexity index is 1080. The van der Waals surface area contributed by atoms with E-state index in [4.69, 9.17) is 0 Å². The van der Waals surface area contributed by atoms with Gasteiger partial charge in [-0.05, 0) is 23.8 Å². The van der Waals surface area contributed by atoms with Gasteiger partial charge in [0.15, 0.2) is 6.61 Å². The van der Waals surface area contributed by atoms with Crippen molar-refractivity contribution in [2.45, 2.75) is 38.0 Å². The van der Waals surface area contributed by atoms with Gasteiger partial charge in [0.25, 0.3) is 5.56 Å². The predicted molar refractivity (Wildman–Crippen MR) is 111 cm³/mol. The van der Waals surface area contributed by atoms with E-state index in [0.717, 1.165) is 16.8 Å². The number of nitrogens with zero attached hydrogens (tertiary/aromatic N) is 2. The number of nitrogens with one attached hydrogen (secondary N) is 1. The Labute approximate surface area is 183 Å². The molecule has 1 heterocycles. The molecule has 0 spiro atoms. The van der Waals surface area contributed by atoms with Gasteiger partial charge in [-0.1, -0.05) is 26.0 Å². The molecule has 2 aromatic rings. The number of benzene rings is 1. The van der Waals surface area contributed by atoms with E-state index in [2.05, 4.69) is 10.1 Å². The third kappa shape index (κ3) is 7.09. The second kappa shape index (κ2) is 10.6. The van der Waals surface area contributed by atoms with Gasteiger partial charge in [-0.3, -0.25) is 9.59 Å². The van der Waals surface area contributed by atoms with Crippen molar-refractivity contribution in [2.75, 3.05) is 19.7 Å². The van der Waals surface area contributed by atoms with E-state index in [0.29, 0.717) is 5.56 Å². The molecule has 32 heavy (non-hydrogen) atoms. The molecule has 0 unspecified atom stereocenters. The first-order valence-electron chi connectivity index (χ1n) is 9.72. The topological polar surface area (TPSA) is 97.7 Å². The maximum Gasteiger partial charge on any atom is 0.422 e. The molecule has 1 aromatic heterocycles. The van der Waals surface area contributed by atoms with E-state index < -0.39 is 40.8 Å². The lowest BCUT2D eigenvalue weighted by molar-refractivity contribution is -0.153. The Hall–Kier alpha value is -2.86. The number of sulfonamides is 1. The predicted octanol–water partition coefficient (Wildman–Crippen LogP) is 2.14. The Morgan fingerprint density at radius 1 is 1.09 bits per heavy atom. The lowest BCUT2D eigenvalue weighted by Crippen LogP contribution is -2.34. The number of ether oxygens (including phenoxy) is 1. The fraction of sp³-hybridized carbons (Fsp3) is 0.400. The van der Waals surface area contributed by atoms with Crippen LogP contribution in [0, 0.1) is 0 Å². The van der Waals surface area contributed by atoms with E-state index in [1.807, 2.05) is 0 Å². The highest BCUT2D eigenvalue weighted by Crippen LogP contribution is 2.19. The lowest BCUT2D eigenvalue weighted by atomic mass is 10.2. The molecule has 1 amide bonds. The zero-order valence-electron chi connectivity index (χ0n) is 17.6. The molecule has 8 nitrogen and oxygen atoms in total. The zero-order chi connectivity index (χ0) is 23.9. The Morgan fingerprint density at radius 3 is 2.28 bits per heavy atom. The number of pyridine rings is 1. The van der Waals surface area contributed by atoms with Gasteiger partial charge in [-0.15, -0.1) is 0 Å². The van der Waals surface area contributed by atoms with Crippen molar-refractivity contribution in [3.8, 4) is 5.75 Å². The summed E-state index contributed by atoms with van der Waals surface area (Å²) >= 11 is 0. The summed E-state index contributed by atoms with van der Waals surface area (Å²) in [4.78, 5) is 24.2. The van der Waals surface area contributed by atoms with Crippen LogP contribution in [0.3, 0.4) is 0 Å². The monoisotopic (exact) mass is 475 g/mol. The highest BCUT2D eigenvalue weighted by molar-refractivity contribution is 7.89. The largest absolute Gasteiger partial charge is 0.484 e. The van der Waals surface area contributed by atoms with E-state index in [1.165, 1.54) is 34.6 Å². The van der Waals surface area contributed by atoms with Crippen LogP contribution in [0.1, 0.15) is 19.4 Å². The van der Waals surface area contributed by atoms with Gasteiger partial charge in [0.05, 0.1) is 4.90 Å². The van der Waals surface area contributed by atoms with Crippen molar-refractivity contribution >= 4 is 15.9 Å². The lowest BCUT2D eigenvalue weighted by Gasteiger charge is -2.19. The Morgan fingerprint density at radius 2 is 1.72 bits per heavy atom. The molecule has 0 atom stereocenters. The van der Waals surface area contributed by atoms with Crippen LogP contribution in [0.4, 0.5) is 13.2 Å². The molecule has 0 saturated carbocycles. The summed E-state index contributed by atoms with van der Waals surface area (Å²) in [5.74, 6) is -0.503. The summed E-state index contributed by atoms with van der Waals surface area (Å²) in [5, 5.41) is 2.57. The highest BCUT2D eigenvalue weighted by Gasteiger charge is 2.28. The molecule has 0 aliphatic rings.